The van der Waals surface area contributed by atoms with Gasteiger partial charge in [0.2, 0.25) is 5.91 Å². The molecule has 176 valence electrons. The molecule has 0 unspecified atom stereocenters. The van der Waals surface area contributed by atoms with Gasteiger partial charge in [0.15, 0.2) is 5.75 Å². The molecule has 2 aromatic rings. The normalized spacial score (nSPS) is 13.5. The number of carbonyl (C=O) groups excluding carboxylic acids is 3. The van der Waals surface area contributed by atoms with Crippen LogP contribution in [0.1, 0.15) is 34.6 Å². The number of nitrogens with one attached hydrogen (secondary N) is 1. The molecule has 1 fully saturated rings. The Bertz CT molecular complexity index is 1050. The van der Waals surface area contributed by atoms with Gasteiger partial charge in [-0.05, 0) is 37.3 Å². The van der Waals surface area contributed by atoms with Crippen molar-refractivity contribution in [1.29, 1.82) is 0 Å². The van der Waals surface area contributed by atoms with Gasteiger partial charge in [0.05, 0.1) is 40.7 Å². The lowest BCUT2D eigenvalue weighted by molar-refractivity contribution is -0.129. The van der Waals surface area contributed by atoms with Crippen LogP contribution in [0.4, 0.5) is 11.4 Å². The molecular weight excluding hydrogens is 469 g/mol. The van der Waals surface area contributed by atoms with Crippen molar-refractivity contribution in [1.82, 2.24) is 4.90 Å². The maximum atomic E-state index is 13.0. The van der Waals surface area contributed by atoms with Crippen LogP contribution in [0.2, 0.25) is 10.0 Å². The zero-order valence-corrected chi connectivity index (χ0v) is 20.1. The molecule has 1 aliphatic rings. The number of methoxy groups -OCH3 is 1. The van der Waals surface area contributed by atoms with E-state index in [0.29, 0.717) is 37.4 Å². The molecule has 2 aromatic carbocycles. The van der Waals surface area contributed by atoms with Crippen LogP contribution in [-0.2, 0) is 9.53 Å². The Morgan fingerprint density at radius 3 is 2.18 bits per heavy atom. The van der Waals surface area contributed by atoms with Crippen LogP contribution in [0.3, 0.4) is 0 Å². The van der Waals surface area contributed by atoms with E-state index in [1.807, 2.05) is 0 Å². The topological polar surface area (TPSA) is 88.2 Å². The minimum atomic E-state index is -0.489. The third-order valence-corrected chi connectivity index (χ3v) is 5.85. The van der Waals surface area contributed by atoms with Gasteiger partial charge in [0.1, 0.15) is 0 Å². The second-order valence-electron chi connectivity index (χ2n) is 7.37. The molecule has 10 heteroatoms. The number of nitrogens with zero attached hydrogens (tertiary/aromatic N) is 2. The third-order valence-electron chi connectivity index (χ3n) is 5.29. The molecule has 1 aliphatic heterocycles. The zero-order valence-electron chi connectivity index (χ0n) is 18.6. The monoisotopic (exact) mass is 493 g/mol. The molecule has 0 bridgehead atoms. The number of hydrogen-bond donors (Lipinski definition) is 1. The summed E-state index contributed by atoms with van der Waals surface area (Å²) >= 11 is 12.4. The number of esters is 1. The average molecular weight is 494 g/mol. The number of anilines is 2. The van der Waals surface area contributed by atoms with Gasteiger partial charge in [-0.15, -0.1) is 0 Å². The fraction of sp³-hybridized carbons (Fsp3) is 0.348. The maximum absolute atomic E-state index is 13.0. The highest BCUT2D eigenvalue weighted by molar-refractivity contribution is 6.37. The molecule has 0 aliphatic carbocycles. The quantitative estimate of drug-likeness (QED) is 0.609. The summed E-state index contributed by atoms with van der Waals surface area (Å²) in [5, 5.41) is 3.27. The number of piperazine rings is 1. The number of halogens is 2. The Kier molecular flexibility index (Phi) is 8.05. The first-order valence-corrected chi connectivity index (χ1v) is 11.2. The van der Waals surface area contributed by atoms with Gasteiger partial charge < -0.3 is 24.6 Å². The number of rotatable bonds is 6. The largest absolute Gasteiger partial charge is 0.494 e. The summed E-state index contributed by atoms with van der Waals surface area (Å²) in [6.07, 6.45) is 0. The van der Waals surface area contributed by atoms with Crippen LogP contribution in [0, 0.1) is 0 Å². The van der Waals surface area contributed by atoms with Crippen LogP contribution in [0.5, 0.6) is 5.75 Å². The van der Waals surface area contributed by atoms with E-state index in [2.05, 4.69) is 10.2 Å². The third kappa shape index (κ3) is 5.69. The number of hydrogen-bond acceptors (Lipinski definition) is 6. The molecule has 0 radical (unpaired) electrons. The molecular formula is C23H25Cl2N3O5. The van der Waals surface area contributed by atoms with E-state index in [4.69, 9.17) is 32.7 Å². The van der Waals surface area contributed by atoms with Crippen molar-refractivity contribution < 1.29 is 23.9 Å². The molecule has 2 amide bonds. The van der Waals surface area contributed by atoms with Crippen LogP contribution in [0.25, 0.3) is 0 Å². The second-order valence-corrected chi connectivity index (χ2v) is 8.19. The molecule has 8 nitrogen and oxygen atoms in total. The SMILES string of the molecule is CCOC(=O)c1ccc(N2CCN(C(C)=O)CC2)c(NC(=O)c2cc(Cl)c(OC)c(Cl)c2)c1. The molecule has 1 N–H and O–H groups in total. The van der Waals surface area contributed by atoms with E-state index in [1.165, 1.54) is 19.2 Å². The van der Waals surface area contributed by atoms with Gasteiger partial charge >= 0.3 is 5.97 Å². The zero-order chi connectivity index (χ0) is 24.1. The fourth-order valence-electron chi connectivity index (χ4n) is 3.60. The van der Waals surface area contributed by atoms with Crippen molar-refractivity contribution in [2.45, 2.75) is 13.8 Å². The number of benzene rings is 2. The minimum absolute atomic E-state index is 0.0223. The molecule has 0 saturated carbocycles. The van der Waals surface area contributed by atoms with Crippen molar-refractivity contribution in [3.63, 3.8) is 0 Å². The van der Waals surface area contributed by atoms with Crippen LogP contribution < -0.4 is 15.0 Å². The van der Waals surface area contributed by atoms with E-state index >= 15 is 0 Å². The highest BCUT2D eigenvalue weighted by Crippen LogP contribution is 2.35. The first-order valence-electron chi connectivity index (χ1n) is 10.4. The molecule has 1 heterocycles. The Morgan fingerprint density at radius 2 is 1.64 bits per heavy atom. The summed E-state index contributed by atoms with van der Waals surface area (Å²) in [6, 6.07) is 7.92. The molecule has 0 spiro atoms. The van der Waals surface area contributed by atoms with Crippen LogP contribution in [-0.4, -0.2) is 62.6 Å². The van der Waals surface area contributed by atoms with Gasteiger partial charge in [0, 0.05) is 38.7 Å². The second kappa shape index (κ2) is 10.8. The van der Waals surface area contributed by atoms with Crippen LogP contribution >= 0.6 is 23.2 Å². The fourth-order valence-corrected chi connectivity index (χ4v) is 4.24. The average Bonchev–Trinajstić information content (AvgIpc) is 2.79. The lowest BCUT2D eigenvalue weighted by Gasteiger charge is -2.36. The van der Waals surface area contributed by atoms with Crippen LogP contribution in [0.15, 0.2) is 30.3 Å². The van der Waals surface area contributed by atoms with Crippen molar-refractivity contribution in [3.05, 3.63) is 51.5 Å². The van der Waals surface area contributed by atoms with Crippen molar-refractivity contribution in [2.75, 3.05) is 50.1 Å². The molecule has 1 saturated heterocycles. The van der Waals surface area contributed by atoms with Gasteiger partial charge in [0.25, 0.3) is 5.91 Å². The first-order chi connectivity index (χ1) is 15.7. The predicted molar refractivity (Wildman–Crippen MR) is 128 cm³/mol. The van der Waals surface area contributed by atoms with Gasteiger partial charge in [-0.2, -0.15) is 0 Å². The van der Waals surface area contributed by atoms with Crippen molar-refractivity contribution in [2.24, 2.45) is 0 Å². The molecule has 3 rings (SSSR count). The van der Waals surface area contributed by atoms with Gasteiger partial charge in [-0.1, -0.05) is 23.2 Å². The van der Waals surface area contributed by atoms with Gasteiger partial charge in [-0.3, -0.25) is 9.59 Å². The number of carbonyl (C=O) groups is 3. The first kappa shape index (κ1) is 24.7. The summed E-state index contributed by atoms with van der Waals surface area (Å²) in [5.41, 5.74) is 1.71. The van der Waals surface area contributed by atoms with Gasteiger partial charge in [-0.25, -0.2) is 4.79 Å². The summed E-state index contributed by atoms with van der Waals surface area (Å²) in [5.74, 6) is -0.639. The van der Waals surface area contributed by atoms with E-state index in [9.17, 15) is 14.4 Å². The van der Waals surface area contributed by atoms with Crippen molar-refractivity contribution >= 4 is 52.4 Å². The molecule has 0 atom stereocenters. The Morgan fingerprint density at radius 1 is 1.00 bits per heavy atom. The summed E-state index contributed by atoms with van der Waals surface area (Å²) in [4.78, 5) is 40.8. The number of amides is 2. The Labute approximate surface area is 202 Å². The van der Waals surface area contributed by atoms with E-state index in [0.717, 1.165) is 5.69 Å². The molecule has 33 heavy (non-hydrogen) atoms. The standard InChI is InChI=1S/C23H25Cl2N3O5/c1-4-33-23(31)15-5-6-20(28-9-7-27(8-10-28)14(2)29)19(13-15)26-22(30)16-11-17(24)21(32-3)18(25)12-16/h5-6,11-13H,4,7-10H2,1-3H3,(H,26,30). The Balaban J connectivity index is 1.92. The lowest BCUT2D eigenvalue weighted by Crippen LogP contribution is -2.48. The highest BCUT2D eigenvalue weighted by atomic mass is 35.5. The van der Waals surface area contributed by atoms with E-state index in [1.54, 1.807) is 36.9 Å². The lowest BCUT2D eigenvalue weighted by atomic mass is 10.1. The van der Waals surface area contributed by atoms with E-state index < -0.39 is 11.9 Å². The smallest absolute Gasteiger partial charge is 0.338 e. The van der Waals surface area contributed by atoms with E-state index in [-0.39, 0.29) is 33.9 Å². The maximum Gasteiger partial charge on any atom is 0.338 e. The Hall–Kier alpha value is -2.97. The van der Waals surface area contributed by atoms with Crippen molar-refractivity contribution in [3.8, 4) is 5.75 Å². The highest BCUT2D eigenvalue weighted by Gasteiger charge is 2.23. The predicted octanol–water partition coefficient (Wildman–Crippen LogP) is 4.10. The number of ether oxygens (including phenoxy) is 2. The summed E-state index contributed by atoms with van der Waals surface area (Å²) in [7, 11) is 1.44. The molecule has 0 aromatic heterocycles. The minimum Gasteiger partial charge on any atom is -0.494 e. The summed E-state index contributed by atoms with van der Waals surface area (Å²) in [6.45, 7) is 5.79. The summed E-state index contributed by atoms with van der Waals surface area (Å²) < 4.78 is 10.2.